The fourth-order valence-corrected chi connectivity index (χ4v) is 1.96. The zero-order valence-electron chi connectivity index (χ0n) is 6.93. The molecule has 0 unspecified atom stereocenters. The molecular weight excluding hydrogens is 202 g/mol. The minimum absolute atomic E-state index is 0.0266. The molecule has 0 radical (unpaired) electrons. The minimum Gasteiger partial charge on any atom is -0.475 e. The van der Waals surface area contributed by atoms with E-state index in [0.717, 1.165) is 16.0 Å². The number of aromatic nitrogens is 1. The number of benzene rings is 1. The molecule has 1 N–H and O–H groups in total. The first-order chi connectivity index (χ1) is 6.68. The number of carbonyl (C=O) groups excluding carboxylic acids is 1. The maximum absolute atomic E-state index is 11.1. The molecule has 0 atom stereocenters. The fraction of sp³-hybridized carbons (Fsp3) is 0. The zero-order valence-corrected chi connectivity index (χ0v) is 7.75. The second-order valence-corrected chi connectivity index (χ2v) is 3.65. The molecule has 0 fully saturated rings. The molecule has 1 aromatic heterocycles. The average Bonchev–Trinajstić information content (AvgIpc) is 2.59. The van der Waals surface area contributed by atoms with Crippen molar-refractivity contribution >= 4 is 33.3 Å². The molecule has 0 amide bonds. The highest BCUT2D eigenvalue weighted by Crippen LogP contribution is 2.21. The summed E-state index contributed by atoms with van der Waals surface area (Å²) >= 11 is 1.09. The zero-order chi connectivity index (χ0) is 10.1. The van der Waals surface area contributed by atoms with Crippen LogP contribution in [0.15, 0.2) is 24.3 Å². The largest absolute Gasteiger partial charge is 0.475 e. The summed E-state index contributed by atoms with van der Waals surface area (Å²) in [6.45, 7) is 0. The van der Waals surface area contributed by atoms with Crippen molar-refractivity contribution in [3.8, 4) is 0 Å². The molecule has 2 rings (SSSR count). The molecule has 70 valence electrons. The Bertz CT molecular complexity index is 485. The summed E-state index contributed by atoms with van der Waals surface area (Å²) in [5.41, 5.74) is 0.655. The summed E-state index contributed by atoms with van der Waals surface area (Å²) in [6.07, 6.45) is 0. The molecule has 5 heteroatoms. The maximum atomic E-state index is 11.1. The van der Waals surface area contributed by atoms with E-state index in [9.17, 15) is 9.59 Å². The predicted molar refractivity (Wildman–Crippen MR) is 51.6 cm³/mol. The highest BCUT2D eigenvalue weighted by molar-refractivity contribution is 7.20. The van der Waals surface area contributed by atoms with Gasteiger partial charge >= 0.3 is 5.97 Å². The van der Waals surface area contributed by atoms with Gasteiger partial charge in [-0.2, -0.15) is 0 Å². The van der Waals surface area contributed by atoms with E-state index in [1.54, 1.807) is 18.2 Å². The molecule has 0 spiro atoms. The van der Waals surface area contributed by atoms with E-state index in [1.165, 1.54) is 0 Å². The van der Waals surface area contributed by atoms with Crippen LogP contribution in [0.4, 0.5) is 0 Å². The number of ketones is 1. The SMILES string of the molecule is O=C(O)C(=O)c1nc2ccccc2s1. The van der Waals surface area contributed by atoms with Gasteiger partial charge in [-0.05, 0) is 12.1 Å². The second-order valence-electron chi connectivity index (χ2n) is 2.62. The number of carbonyl (C=O) groups is 2. The third kappa shape index (κ3) is 1.38. The number of nitrogens with zero attached hydrogens (tertiary/aromatic N) is 1. The van der Waals surface area contributed by atoms with Gasteiger partial charge in [-0.25, -0.2) is 9.78 Å². The van der Waals surface area contributed by atoms with Crippen molar-refractivity contribution < 1.29 is 14.7 Å². The highest BCUT2D eigenvalue weighted by atomic mass is 32.1. The Balaban J connectivity index is 2.55. The number of hydrogen-bond donors (Lipinski definition) is 1. The second kappa shape index (κ2) is 3.19. The molecule has 14 heavy (non-hydrogen) atoms. The van der Waals surface area contributed by atoms with Gasteiger partial charge in [0.15, 0.2) is 5.01 Å². The first-order valence-corrected chi connectivity index (χ1v) is 4.63. The molecule has 1 heterocycles. The molecule has 0 saturated carbocycles. The van der Waals surface area contributed by atoms with Crippen molar-refractivity contribution in [3.05, 3.63) is 29.3 Å². The molecular formula is C9H5NO3S. The molecule has 2 aromatic rings. The number of carboxylic acid groups (broad SMARTS) is 1. The number of rotatable bonds is 2. The smallest absolute Gasteiger partial charge is 0.379 e. The van der Waals surface area contributed by atoms with Crippen molar-refractivity contribution in [2.45, 2.75) is 0 Å². The number of Topliss-reactive ketones (excluding diaryl/α,β-unsaturated/α-hetero) is 1. The van der Waals surface area contributed by atoms with Crippen LogP contribution in [-0.4, -0.2) is 21.8 Å². The van der Waals surface area contributed by atoms with E-state index in [1.807, 2.05) is 6.07 Å². The third-order valence-corrected chi connectivity index (χ3v) is 2.72. The first kappa shape index (κ1) is 8.83. The van der Waals surface area contributed by atoms with Crippen LogP contribution in [0.3, 0.4) is 0 Å². The Kier molecular flexibility index (Phi) is 2.01. The molecule has 0 bridgehead atoms. The number of carboxylic acids is 1. The quantitative estimate of drug-likeness (QED) is 0.599. The lowest BCUT2D eigenvalue weighted by molar-refractivity contribution is -0.131. The summed E-state index contributed by atoms with van der Waals surface area (Å²) in [4.78, 5) is 25.4. The van der Waals surface area contributed by atoms with Crippen LogP contribution in [0.1, 0.15) is 9.80 Å². The molecule has 4 nitrogen and oxygen atoms in total. The monoisotopic (exact) mass is 207 g/mol. The number of thiazole rings is 1. The Morgan fingerprint density at radius 1 is 1.29 bits per heavy atom. The maximum Gasteiger partial charge on any atom is 0.379 e. The first-order valence-electron chi connectivity index (χ1n) is 3.81. The van der Waals surface area contributed by atoms with Crippen molar-refractivity contribution in [2.24, 2.45) is 0 Å². The van der Waals surface area contributed by atoms with Crippen LogP contribution in [0.5, 0.6) is 0 Å². The lowest BCUT2D eigenvalue weighted by Gasteiger charge is -1.84. The summed E-state index contributed by atoms with van der Waals surface area (Å²) in [7, 11) is 0. The van der Waals surface area contributed by atoms with Crippen LogP contribution >= 0.6 is 11.3 Å². The van der Waals surface area contributed by atoms with Crippen molar-refractivity contribution in [1.82, 2.24) is 4.98 Å². The Morgan fingerprint density at radius 2 is 2.00 bits per heavy atom. The van der Waals surface area contributed by atoms with Gasteiger partial charge in [0, 0.05) is 0 Å². The van der Waals surface area contributed by atoms with Crippen LogP contribution < -0.4 is 0 Å². The molecule has 0 saturated heterocycles. The molecule has 0 aliphatic carbocycles. The lowest BCUT2D eigenvalue weighted by atomic mass is 10.3. The number of para-hydroxylation sites is 1. The summed E-state index contributed by atoms with van der Waals surface area (Å²) in [5, 5.41) is 8.50. The number of fused-ring (bicyclic) bond motifs is 1. The minimum atomic E-state index is -1.47. The van der Waals surface area contributed by atoms with E-state index in [-0.39, 0.29) is 5.01 Å². The van der Waals surface area contributed by atoms with Gasteiger partial charge in [-0.15, -0.1) is 11.3 Å². The normalized spacial score (nSPS) is 10.3. The Labute approximate surface area is 82.8 Å². The summed E-state index contributed by atoms with van der Waals surface area (Å²) in [6, 6.07) is 7.14. The van der Waals surface area contributed by atoms with Gasteiger partial charge in [0.2, 0.25) is 0 Å². The van der Waals surface area contributed by atoms with Crippen molar-refractivity contribution in [1.29, 1.82) is 0 Å². The number of hydrogen-bond acceptors (Lipinski definition) is 4. The van der Waals surface area contributed by atoms with E-state index >= 15 is 0 Å². The Hall–Kier alpha value is -1.75. The lowest BCUT2D eigenvalue weighted by Crippen LogP contribution is -2.11. The van der Waals surface area contributed by atoms with Gasteiger partial charge in [-0.3, -0.25) is 4.79 Å². The van der Waals surface area contributed by atoms with E-state index in [0.29, 0.717) is 5.52 Å². The van der Waals surface area contributed by atoms with Crippen molar-refractivity contribution in [2.75, 3.05) is 0 Å². The predicted octanol–water partition coefficient (Wildman–Crippen LogP) is 1.56. The Morgan fingerprint density at radius 3 is 2.64 bits per heavy atom. The summed E-state index contributed by atoms with van der Waals surface area (Å²) < 4.78 is 0.817. The van der Waals surface area contributed by atoms with Gasteiger partial charge in [0.05, 0.1) is 10.2 Å². The summed E-state index contributed by atoms with van der Waals surface area (Å²) in [5.74, 6) is -2.42. The standard InChI is InChI=1S/C9H5NO3S/c11-7(9(12)13)8-10-5-3-1-2-4-6(5)14-8/h1-4H,(H,12,13). The highest BCUT2D eigenvalue weighted by Gasteiger charge is 2.18. The average molecular weight is 207 g/mol. The van der Waals surface area contributed by atoms with E-state index in [2.05, 4.69) is 4.98 Å². The van der Waals surface area contributed by atoms with Crippen LogP contribution in [0.25, 0.3) is 10.2 Å². The van der Waals surface area contributed by atoms with Crippen LogP contribution in [0, 0.1) is 0 Å². The van der Waals surface area contributed by atoms with Crippen LogP contribution in [-0.2, 0) is 4.79 Å². The van der Waals surface area contributed by atoms with Gasteiger partial charge in [0.1, 0.15) is 0 Å². The third-order valence-electron chi connectivity index (χ3n) is 1.68. The van der Waals surface area contributed by atoms with E-state index < -0.39 is 11.8 Å². The molecule has 0 aliphatic heterocycles. The van der Waals surface area contributed by atoms with Gasteiger partial charge in [-0.1, -0.05) is 12.1 Å². The van der Waals surface area contributed by atoms with Crippen molar-refractivity contribution in [3.63, 3.8) is 0 Å². The van der Waals surface area contributed by atoms with Gasteiger partial charge < -0.3 is 5.11 Å². The molecule has 1 aromatic carbocycles. The fourth-order valence-electron chi connectivity index (χ4n) is 1.06. The van der Waals surface area contributed by atoms with Gasteiger partial charge in [0.25, 0.3) is 5.78 Å². The van der Waals surface area contributed by atoms with E-state index in [4.69, 9.17) is 5.11 Å². The molecule has 0 aliphatic rings. The topological polar surface area (TPSA) is 67.3 Å². The van der Waals surface area contributed by atoms with Crippen LogP contribution in [0.2, 0.25) is 0 Å². The number of aliphatic carboxylic acids is 1.